The fraction of sp³-hybridized carbons (Fsp3) is 0.708. The van der Waals surface area contributed by atoms with Gasteiger partial charge in [0.25, 0.3) is 0 Å². The molecule has 0 saturated carbocycles. The fourth-order valence-corrected chi connectivity index (χ4v) is 4.22. The SMILES string of the molecule is CN=C(NCCCOCC1CCOCC1)NCC1CCN(Cc2ccccc2F)CC1.I. The first-order valence-corrected chi connectivity index (χ1v) is 11.8. The third kappa shape index (κ3) is 9.89. The van der Waals surface area contributed by atoms with Gasteiger partial charge in [-0.2, -0.15) is 0 Å². The largest absolute Gasteiger partial charge is 0.381 e. The monoisotopic (exact) mass is 562 g/mol. The number of benzene rings is 1. The Morgan fingerprint density at radius 3 is 2.59 bits per heavy atom. The van der Waals surface area contributed by atoms with E-state index in [1.807, 2.05) is 19.2 Å². The van der Waals surface area contributed by atoms with Gasteiger partial charge in [0.15, 0.2) is 5.96 Å². The van der Waals surface area contributed by atoms with Gasteiger partial charge in [0, 0.05) is 58.7 Å². The number of guanidine groups is 1. The van der Waals surface area contributed by atoms with Crippen LogP contribution in [0.3, 0.4) is 0 Å². The van der Waals surface area contributed by atoms with E-state index >= 15 is 0 Å². The van der Waals surface area contributed by atoms with Gasteiger partial charge in [0.1, 0.15) is 5.82 Å². The highest BCUT2D eigenvalue weighted by atomic mass is 127. The van der Waals surface area contributed by atoms with E-state index in [9.17, 15) is 4.39 Å². The summed E-state index contributed by atoms with van der Waals surface area (Å²) in [6, 6.07) is 7.08. The van der Waals surface area contributed by atoms with Gasteiger partial charge in [-0.3, -0.25) is 9.89 Å². The summed E-state index contributed by atoms with van der Waals surface area (Å²) < 4.78 is 25.1. The summed E-state index contributed by atoms with van der Waals surface area (Å²) in [7, 11) is 1.81. The molecular weight excluding hydrogens is 522 g/mol. The van der Waals surface area contributed by atoms with Crippen LogP contribution in [0.5, 0.6) is 0 Å². The third-order valence-corrected chi connectivity index (χ3v) is 6.29. The van der Waals surface area contributed by atoms with Gasteiger partial charge < -0.3 is 20.1 Å². The molecule has 0 unspecified atom stereocenters. The molecule has 0 radical (unpaired) electrons. The second-order valence-corrected chi connectivity index (χ2v) is 8.68. The second kappa shape index (κ2) is 15.8. The molecule has 0 aromatic heterocycles. The van der Waals surface area contributed by atoms with Crippen LogP contribution < -0.4 is 10.6 Å². The van der Waals surface area contributed by atoms with Crippen LogP contribution in [0, 0.1) is 17.7 Å². The van der Waals surface area contributed by atoms with Crippen LogP contribution in [0.4, 0.5) is 4.39 Å². The maximum atomic E-state index is 13.9. The number of likely N-dealkylation sites (tertiary alicyclic amines) is 1. The van der Waals surface area contributed by atoms with Crippen molar-refractivity contribution in [1.82, 2.24) is 15.5 Å². The smallest absolute Gasteiger partial charge is 0.190 e. The number of piperidine rings is 1. The van der Waals surface area contributed by atoms with E-state index in [4.69, 9.17) is 9.47 Å². The highest BCUT2D eigenvalue weighted by molar-refractivity contribution is 14.0. The molecule has 3 rings (SSSR count). The summed E-state index contributed by atoms with van der Waals surface area (Å²) in [5.74, 6) is 2.04. The van der Waals surface area contributed by atoms with Crippen molar-refractivity contribution in [1.29, 1.82) is 0 Å². The zero-order chi connectivity index (χ0) is 21.7. The number of nitrogens with one attached hydrogen (secondary N) is 2. The lowest BCUT2D eigenvalue weighted by molar-refractivity contribution is 0.0203. The van der Waals surface area contributed by atoms with Gasteiger partial charge in [0.05, 0.1) is 0 Å². The molecule has 8 heteroatoms. The van der Waals surface area contributed by atoms with Crippen LogP contribution in [0.15, 0.2) is 29.3 Å². The Morgan fingerprint density at radius 2 is 1.88 bits per heavy atom. The number of aliphatic imine (C=N–C) groups is 1. The van der Waals surface area contributed by atoms with Gasteiger partial charge in [-0.25, -0.2) is 4.39 Å². The van der Waals surface area contributed by atoms with E-state index < -0.39 is 0 Å². The Hall–Kier alpha value is -0.970. The van der Waals surface area contributed by atoms with Crippen LogP contribution in [-0.4, -0.2) is 70.5 Å². The van der Waals surface area contributed by atoms with Gasteiger partial charge in [-0.15, -0.1) is 24.0 Å². The minimum atomic E-state index is -0.102. The molecule has 0 amide bonds. The standard InChI is InChI=1S/C24H39FN4O2.HI/c1-26-24(27-11-4-14-31-19-21-9-15-30-16-10-21)28-17-20-7-12-29(13-8-20)18-22-5-2-3-6-23(22)25;/h2-3,5-6,20-21H,4,7-19H2,1H3,(H2,26,27,28);1H. The summed E-state index contributed by atoms with van der Waals surface area (Å²) >= 11 is 0. The number of halogens is 2. The average molecular weight is 563 g/mol. The summed E-state index contributed by atoms with van der Waals surface area (Å²) in [6.45, 7) is 7.89. The first-order valence-electron chi connectivity index (χ1n) is 11.8. The molecule has 6 nitrogen and oxygen atoms in total. The Kier molecular flexibility index (Phi) is 13.5. The Balaban J connectivity index is 0.00000363. The molecular formula is C24H40FIN4O2. The summed E-state index contributed by atoms with van der Waals surface area (Å²) in [4.78, 5) is 6.68. The van der Waals surface area contributed by atoms with Gasteiger partial charge >= 0.3 is 0 Å². The van der Waals surface area contributed by atoms with E-state index in [1.165, 1.54) is 0 Å². The summed E-state index contributed by atoms with van der Waals surface area (Å²) in [6.07, 6.45) is 5.46. The van der Waals surface area contributed by atoms with Crippen LogP contribution in [-0.2, 0) is 16.0 Å². The first-order chi connectivity index (χ1) is 15.2. The molecule has 0 spiro atoms. The molecule has 32 heavy (non-hydrogen) atoms. The van der Waals surface area contributed by atoms with E-state index in [2.05, 4.69) is 20.5 Å². The Bertz CT molecular complexity index is 665. The highest BCUT2D eigenvalue weighted by Gasteiger charge is 2.20. The van der Waals surface area contributed by atoms with E-state index in [1.54, 1.807) is 12.1 Å². The van der Waals surface area contributed by atoms with Gasteiger partial charge in [-0.1, -0.05) is 18.2 Å². The molecule has 182 valence electrons. The van der Waals surface area contributed by atoms with Crippen molar-refractivity contribution in [3.63, 3.8) is 0 Å². The quantitative estimate of drug-likeness (QED) is 0.198. The number of ether oxygens (including phenoxy) is 2. The minimum absolute atomic E-state index is 0. The van der Waals surface area contributed by atoms with Crippen LogP contribution >= 0.6 is 24.0 Å². The Labute approximate surface area is 209 Å². The molecule has 0 bridgehead atoms. The molecule has 1 aromatic rings. The molecule has 0 aliphatic carbocycles. The van der Waals surface area contributed by atoms with Crippen molar-refractivity contribution >= 4 is 29.9 Å². The van der Waals surface area contributed by atoms with Crippen molar-refractivity contribution in [3.8, 4) is 0 Å². The molecule has 2 heterocycles. The lowest BCUT2D eigenvalue weighted by Crippen LogP contribution is -2.43. The van der Waals surface area contributed by atoms with Crippen molar-refractivity contribution in [2.45, 2.75) is 38.6 Å². The van der Waals surface area contributed by atoms with Gasteiger partial charge in [0.2, 0.25) is 0 Å². The van der Waals surface area contributed by atoms with E-state index in [-0.39, 0.29) is 29.8 Å². The van der Waals surface area contributed by atoms with Crippen molar-refractivity contribution < 1.29 is 13.9 Å². The first kappa shape index (κ1) is 27.3. The molecule has 2 aliphatic heterocycles. The van der Waals surface area contributed by atoms with Crippen LogP contribution in [0.2, 0.25) is 0 Å². The minimum Gasteiger partial charge on any atom is -0.381 e. The van der Waals surface area contributed by atoms with Crippen molar-refractivity contribution in [2.75, 3.05) is 59.7 Å². The predicted molar refractivity (Wildman–Crippen MR) is 138 cm³/mol. The number of hydrogen-bond acceptors (Lipinski definition) is 4. The zero-order valence-corrected chi connectivity index (χ0v) is 21.7. The summed E-state index contributed by atoms with van der Waals surface area (Å²) in [5, 5.41) is 6.84. The number of nitrogens with zero attached hydrogens (tertiary/aromatic N) is 2. The maximum Gasteiger partial charge on any atom is 0.190 e. The fourth-order valence-electron chi connectivity index (χ4n) is 4.22. The van der Waals surface area contributed by atoms with E-state index in [0.29, 0.717) is 18.4 Å². The maximum absolute atomic E-state index is 13.9. The molecule has 2 saturated heterocycles. The molecule has 0 atom stereocenters. The van der Waals surface area contributed by atoms with Gasteiger partial charge in [-0.05, 0) is 63.1 Å². The number of rotatable bonds is 10. The second-order valence-electron chi connectivity index (χ2n) is 8.68. The molecule has 2 fully saturated rings. The summed E-state index contributed by atoms with van der Waals surface area (Å²) in [5.41, 5.74) is 0.792. The predicted octanol–water partition coefficient (Wildman–Crippen LogP) is 3.65. The molecule has 2 N–H and O–H groups in total. The van der Waals surface area contributed by atoms with Crippen molar-refractivity contribution in [2.24, 2.45) is 16.8 Å². The lowest BCUT2D eigenvalue weighted by atomic mass is 9.96. The average Bonchev–Trinajstić information content (AvgIpc) is 2.81. The third-order valence-electron chi connectivity index (χ3n) is 6.29. The highest BCUT2D eigenvalue weighted by Crippen LogP contribution is 2.19. The van der Waals surface area contributed by atoms with Crippen molar-refractivity contribution in [3.05, 3.63) is 35.6 Å². The normalized spacial score (nSPS) is 18.9. The van der Waals surface area contributed by atoms with E-state index in [0.717, 1.165) is 96.2 Å². The molecule has 2 aliphatic rings. The van der Waals surface area contributed by atoms with Crippen LogP contribution in [0.1, 0.15) is 37.7 Å². The zero-order valence-electron chi connectivity index (χ0n) is 19.4. The lowest BCUT2D eigenvalue weighted by Gasteiger charge is -2.32. The number of hydrogen-bond donors (Lipinski definition) is 2. The molecule has 1 aromatic carbocycles. The Morgan fingerprint density at radius 1 is 1.12 bits per heavy atom. The topological polar surface area (TPSA) is 58.1 Å². The van der Waals surface area contributed by atoms with Crippen LogP contribution in [0.25, 0.3) is 0 Å².